The Morgan fingerprint density at radius 3 is 2.45 bits per heavy atom. The average molecular weight is 324 g/mol. The van der Waals surface area contributed by atoms with Crippen LogP contribution in [-0.2, 0) is 4.79 Å². The Kier molecular flexibility index (Phi) is 6.09. The van der Waals surface area contributed by atoms with E-state index in [9.17, 15) is 4.79 Å². The number of hydrogen-bond donors (Lipinski definition) is 1. The van der Waals surface area contributed by atoms with Crippen molar-refractivity contribution in [2.45, 2.75) is 19.8 Å². The monoisotopic (exact) mass is 323 g/mol. The van der Waals surface area contributed by atoms with Crippen LogP contribution in [0.15, 0.2) is 24.3 Å². The molecule has 0 spiro atoms. The van der Waals surface area contributed by atoms with Crippen LogP contribution in [0.4, 0.5) is 5.69 Å². The second-order valence-electron chi connectivity index (χ2n) is 6.18. The average Bonchev–Trinajstić information content (AvgIpc) is 2.55. The van der Waals surface area contributed by atoms with E-state index in [-0.39, 0.29) is 18.3 Å². The van der Waals surface area contributed by atoms with Gasteiger partial charge in [-0.05, 0) is 50.6 Å². The number of carbonyl (C=O) groups is 1. The summed E-state index contributed by atoms with van der Waals surface area (Å²) in [6, 6.07) is 8.62. The highest BCUT2D eigenvalue weighted by Gasteiger charge is 2.28. The fourth-order valence-electron chi connectivity index (χ4n) is 3.34. The van der Waals surface area contributed by atoms with Gasteiger partial charge in [-0.2, -0.15) is 0 Å². The van der Waals surface area contributed by atoms with Crippen molar-refractivity contribution in [1.82, 2.24) is 10.2 Å². The van der Waals surface area contributed by atoms with Crippen LogP contribution in [0.1, 0.15) is 18.4 Å². The van der Waals surface area contributed by atoms with Crippen LogP contribution in [0.5, 0.6) is 0 Å². The number of halogens is 1. The van der Waals surface area contributed by atoms with Gasteiger partial charge in [-0.25, -0.2) is 0 Å². The van der Waals surface area contributed by atoms with Crippen LogP contribution >= 0.6 is 12.4 Å². The summed E-state index contributed by atoms with van der Waals surface area (Å²) in [6.07, 6.45) is 1.99. The first kappa shape index (κ1) is 17.1. The lowest BCUT2D eigenvalue weighted by Gasteiger charge is -2.38. The molecule has 0 saturated carbocycles. The summed E-state index contributed by atoms with van der Waals surface area (Å²) >= 11 is 0. The molecule has 1 aromatic carbocycles. The maximum atomic E-state index is 12.5. The molecule has 22 heavy (non-hydrogen) atoms. The molecule has 3 rings (SSSR count). The van der Waals surface area contributed by atoms with E-state index in [0.717, 1.165) is 52.1 Å². The van der Waals surface area contributed by atoms with Gasteiger partial charge in [-0.15, -0.1) is 12.4 Å². The Bertz CT molecular complexity index is 494. The van der Waals surface area contributed by atoms with Gasteiger partial charge >= 0.3 is 0 Å². The molecule has 2 heterocycles. The predicted molar refractivity (Wildman–Crippen MR) is 92.8 cm³/mol. The number of piperazine rings is 1. The molecular weight excluding hydrogens is 298 g/mol. The molecule has 2 aliphatic rings. The van der Waals surface area contributed by atoms with Crippen molar-refractivity contribution < 1.29 is 4.79 Å². The summed E-state index contributed by atoms with van der Waals surface area (Å²) < 4.78 is 0. The minimum absolute atomic E-state index is 0. The molecule has 2 fully saturated rings. The Morgan fingerprint density at radius 2 is 1.82 bits per heavy atom. The highest BCUT2D eigenvalue weighted by molar-refractivity contribution is 5.85. The summed E-state index contributed by atoms with van der Waals surface area (Å²) in [5.41, 5.74) is 2.57. The fraction of sp³-hybridized carbons (Fsp3) is 0.588. The topological polar surface area (TPSA) is 35.6 Å². The first-order valence-electron chi connectivity index (χ1n) is 8.05. The molecule has 2 saturated heterocycles. The molecule has 1 N–H and O–H groups in total. The standard InChI is InChI=1S/C17H25N3O.ClH/c1-14-3-2-4-16(13-14)19-9-11-20(12-10-19)17(21)15-5-7-18-8-6-15;/h2-4,13,15,18H,5-12H2,1H3;1H. The summed E-state index contributed by atoms with van der Waals surface area (Å²) in [5.74, 6) is 0.622. The lowest BCUT2D eigenvalue weighted by molar-refractivity contribution is -0.136. The van der Waals surface area contributed by atoms with Gasteiger partial charge in [0.05, 0.1) is 0 Å². The van der Waals surface area contributed by atoms with E-state index in [1.807, 2.05) is 0 Å². The van der Waals surface area contributed by atoms with Gasteiger partial charge in [0.1, 0.15) is 0 Å². The fourth-order valence-corrected chi connectivity index (χ4v) is 3.34. The van der Waals surface area contributed by atoms with Crippen molar-refractivity contribution >= 4 is 24.0 Å². The largest absolute Gasteiger partial charge is 0.368 e. The molecule has 0 bridgehead atoms. The number of carbonyl (C=O) groups excluding carboxylic acids is 1. The van der Waals surface area contributed by atoms with Crippen molar-refractivity contribution in [3.8, 4) is 0 Å². The van der Waals surface area contributed by atoms with Crippen LogP contribution in [0, 0.1) is 12.8 Å². The van der Waals surface area contributed by atoms with Crippen LogP contribution in [0.3, 0.4) is 0 Å². The smallest absolute Gasteiger partial charge is 0.225 e. The second kappa shape index (κ2) is 7.84. The third-order valence-corrected chi connectivity index (χ3v) is 4.65. The van der Waals surface area contributed by atoms with Crippen LogP contribution < -0.4 is 10.2 Å². The van der Waals surface area contributed by atoms with Crippen molar-refractivity contribution in [1.29, 1.82) is 0 Å². The molecule has 0 aromatic heterocycles. The minimum atomic E-state index is 0. The number of nitrogens with one attached hydrogen (secondary N) is 1. The zero-order chi connectivity index (χ0) is 14.7. The van der Waals surface area contributed by atoms with E-state index in [0.29, 0.717) is 5.91 Å². The number of hydrogen-bond acceptors (Lipinski definition) is 3. The molecular formula is C17H26ClN3O. The molecule has 122 valence electrons. The zero-order valence-electron chi connectivity index (χ0n) is 13.3. The van der Waals surface area contributed by atoms with Gasteiger partial charge in [0.2, 0.25) is 5.91 Å². The van der Waals surface area contributed by atoms with Gasteiger partial charge in [0.15, 0.2) is 0 Å². The van der Waals surface area contributed by atoms with Crippen molar-refractivity contribution in [3.05, 3.63) is 29.8 Å². The number of amides is 1. The molecule has 0 unspecified atom stereocenters. The van der Waals surface area contributed by atoms with E-state index in [1.54, 1.807) is 0 Å². The molecule has 5 heteroatoms. The lowest BCUT2D eigenvalue weighted by atomic mass is 9.96. The van der Waals surface area contributed by atoms with Crippen molar-refractivity contribution in [3.63, 3.8) is 0 Å². The van der Waals surface area contributed by atoms with E-state index in [1.165, 1.54) is 11.3 Å². The van der Waals surface area contributed by atoms with E-state index < -0.39 is 0 Å². The van der Waals surface area contributed by atoms with Gasteiger partial charge < -0.3 is 15.1 Å². The number of benzene rings is 1. The lowest BCUT2D eigenvalue weighted by Crippen LogP contribution is -2.51. The number of rotatable bonds is 2. The predicted octanol–water partition coefficient (Wildman–Crippen LogP) is 2.07. The zero-order valence-corrected chi connectivity index (χ0v) is 14.1. The maximum Gasteiger partial charge on any atom is 0.225 e. The summed E-state index contributed by atoms with van der Waals surface area (Å²) in [5, 5.41) is 3.33. The Labute approximate surface area is 139 Å². The van der Waals surface area contributed by atoms with Crippen LogP contribution in [-0.4, -0.2) is 50.1 Å². The summed E-state index contributed by atoms with van der Waals surface area (Å²) in [4.78, 5) is 17.0. The summed E-state index contributed by atoms with van der Waals surface area (Å²) in [7, 11) is 0. The Hall–Kier alpha value is -1.26. The van der Waals surface area contributed by atoms with Crippen LogP contribution in [0.2, 0.25) is 0 Å². The molecule has 0 atom stereocenters. The second-order valence-corrected chi connectivity index (χ2v) is 6.18. The number of anilines is 1. The number of aryl methyl sites for hydroxylation is 1. The Balaban J connectivity index is 0.00000176. The van der Waals surface area contributed by atoms with Crippen molar-refractivity contribution in [2.24, 2.45) is 5.92 Å². The normalized spacial score (nSPS) is 19.7. The number of nitrogens with zero attached hydrogens (tertiary/aromatic N) is 2. The molecule has 0 aliphatic carbocycles. The van der Waals surface area contributed by atoms with Gasteiger partial charge in [0.25, 0.3) is 0 Å². The first-order valence-corrected chi connectivity index (χ1v) is 8.05. The third-order valence-electron chi connectivity index (χ3n) is 4.65. The van der Waals surface area contributed by atoms with Gasteiger partial charge in [-0.3, -0.25) is 4.79 Å². The minimum Gasteiger partial charge on any atom is -0.368 e. The van der Waals surface area contributed by atoms with Crippen molar-refractivity contribution in [2.75, 3.05) is 44.2 Å². The van der Waals surface area contributed by atoms with E-state index in [2.05, 4.69) is 46.3 Å². The van der Waals surface area contributed by atoms with Crippen LogP contribution in [0.25, 0.3) is 0 Å². The van der Waals surface area contributed by atoms with Gasteiger partial charge in [-0.1, -0.05) is 12.1 Å². The molecule has 1 aromatic rings. The first-order chi connectivity index (χ1) is 10.2. The maximum absolute atomic E-state index is 12.5. The molecule has 4 nitrogen and oxygen atoms in total. The highest BCUT2D eigenvalue weighted by Crippen LogP contribution is 2.20. The quantitative estimate of drug-likeness (QED) is 0.905. The van der Waals surface area contributed by atoms with Gasteiger partial charge in [0, 0.05) is 37.8 Å². The molecule has 0 radical (unpaired) electrons. The highest BCUT2D eigenvalue weighted by atomic mass is 35.5. The SMILES string of the molecule is Cc1cccc(N2CCN(C(=O)C3CCNCC3)CC2)c1.Cl. The number of piperidine rings is 1. The van der Waals surface area contributed by atoms with E-state index >= 15 is 0 Å². The molecule has 2 aliphatic heterocycles. The summed E-state index contributed by atoms with van der Waals surface area (Å²) in [6.45, 7) is 7.70. The Morgan fingerprint density at radius 1 is 1.14 bits per heavy atom. The third kappa shape index (κ3) is 3.93. The van der Waals surface area contributed by atoms with E-state index in [4.69, 9.17) is 0 Å². The molecule has 1 amide bonds.